The minimum absolute atomic E-state index is 0.428. The molecule has 0 radical (unpaired) electrons. The predicted molar refractivity (Wildman–Crippen MR) is 88.1 cm³/mol. The van der Waals surface area contributed by atoms with E-state index in [1.165, 1.54) is 11.1 Å². The van der Waals surface area contributed by atoms with Crippen molar-refractivity contribution in [3.05, 3.63) is 71.3 Å². The molecule has 1 unspecified atom stereocenters. The molecule has 2 aromatic carbocycles. The standard InChI is InChI=1S/C19H25NO/c1-3-12-20(14-17-9-7-8-16(2)13-17)15-19(21)18-10-5-4-6-11-18/h4-11,13,19,21H,3,12,14-15H2,1-2H3. The van der Waals surface area contributed by atoms with E-state index in [0.717, 1.165) is 25.1 Å². The molecule has 0 aliphatic carbocycles. The topological polar surface area (TPSA) is 23.5 Å². The first-order chi connectivity index (χ1) is 10.2. The summed E-state index contributed by atoms with van der Waals surface area (Å²) in [6, 6.07) is 18.5. The molecule has 21 heavy (non-hydrogen) atoms. The molecule has 0 saturated carbocycles. The molecule has 1 atom stereocenters. The number of hydrogen-bond acceptors (Lipinski definition) is 2. The zero-order valence-corrected chi connectivity index (χ0v) is 13.0. The highest BCUT2D eigenvalue weighted by molar-refractivity contribution is 5.22. The minimum Gasteiger partial charge on any atom is -0.387 e. The van der Waals surface area contributed by atoms with Crippen LogP contribution in [0.2, 0.25) is 0 Å². The van der Waals surface area contributed by atoms with Crippen LogP contribution in [-0.2, 0) is 6.54 Å². The third kappa shape index (κ3) is 5.00. The minimum atomic E-state index is -0.428. The van der Waals surface area contributed by atoms with Gasteiger partial charge in [0.2, 0.25) is 0 Å². The molecule has 0 fully saturated rings. The van der Waals surface area contributed by atoms with Gasteiger partial charge in [0.25, 0.3) is 0 Å². The summed E-state index contributed by atoms with van der Waals surface area (Å²) in [6.07, 6.45) is 0.662. The maximum Gasteiger partial charge on any atom is 0.0917 e. The molecule has 0 bridgehead atoms. The van der Waals surface area contributed by atoms with Gasteiger partial charge in [0.15, 0.2) is 0 Å². The normalized spacial score (nSPS) is 12.6. The van der Waals surface area contributed by atoms with Crippen LogP contribution in [0.5, 0.6) is 0 Å². The second kappa shape index (κ2) is 7.96. The number of nitrogens with zero attached hydrogens (tertiary/aromatic N) is 1. The van der Waals surface area contributed by atoms with Gasteiger partial charge in [-0.3, -0.25) is 4.90 Å². The van der Waals surface area contributed by atoms with Crippen molar-refractivity contribution < 1.29 is 5.11 Å². The predicted octanol–water partition coefficient (Wildman–Crippen LogP) is 3.94. The Labute approximate surface area is 128 Å². The van der Waals surface area contributed by atoms with Gasteiger partial charge in [0, 0.05) is 13.1 Å². The molecule has 2 nitrogen and oxygen atoms in total. The molecule has 2 aromatic rings. The van der Waals surface area contributed by atoms with E-state index in [9.17, 15) is 5.11 Å². The number of benzene rings is 2. The number of aliphatic hydroxyl groups is 1. The summed E-state index contributed by atoms with van der Waals surface area (Å²) in [4.78, 5) is 2.33. The molecule has 0 aromatic heterocycles. The number of aliphatic hydroxyl groups excluding tert-OH is 1. The van der Waals surface area contributed by atoms with Crippen molar-refractivity contribution in [1.29, 1.82) is 0 Å². The van der Waals surface area contributed by atoms with E-state index in [1.54, 1.807) is 0 Å². The average molecular weight is 283 g/mol. The summed E-state index contributed by atoms with van der Waals surface area (Å²) in [5.41, 5.74) is 3.58. The summed E-state index contributed by atoms with van der Waals surface area (Å²) in [7, 11) is 0. The van der Waals surface area contributed by atoms with E-state index in [0.29, 0.717) is 6.54 Å². The van der Waals surface area contributed by atoms with Gasteiger partial charge < -0.3 is 5.11 Å². The molecule has 0 spiro atoms. The van der Waals surface area contributed by atoms with E-state index in [2.05, 4.69) is 43.0 Å². The van der Waals surface area contributed by atoms with Gasteiger partial charge in [-0.1, -0.05) is 67.1 Å². The lowest BCUT2D eigenvalue weighted by molar-refractivity contribution is 0.109. The van der Waals surface area contributed by atoms with Crippen molar-refractivity contribution in [2.75, 3.05) is 13.1 Å². The van der Waals surface area contributed by atoms with Crippen LogP contribution in [0.25, 0.3) is 0 Å². The highest BCUT2D eigenvalue weighted by Gasteiger charge is 2.13. The highest BCUT2D eigenvalue weighted by Crippen LogP contribution is 2.16. The van der Waals surface area contributed by atoms with Crippen LogP contribution < -0.4 is 0 Å². The smallest absolute Gasteiger partial charge is 0.0917 e. The quantitative estimate of drug-likeness (QED) is 0.832. The average Bonchev–Trinajstić information content (AvgIpc) is 2.48. The Hall–Kier alpha value is -1.64. The molecule has 0 amide bonds. The Bertz CT molecular complexity index is 538. The van der Waals surface area contributed by atoms with Crippen molar-refractivity contribution in [3.63, 3.8) is 0 Å². The zero-order valence-electron chi connectivity index (χ0n) is 13.0. The maximum absolute atomic E-state index is 10.4. The van der Waals surface area contributed by atoms with E-state index in [4.69, 9.17) is 0 Å². The second-order valence-electron chi connectivity index (χ2n) is 5.65. The highest BCUT2D eigenvalue weighted by atomic mass is 16.3. The van der Waals surface area contributed by atoms with Crippen molar-refractivity contribution in [2.45, 2.75) is 32.9 Å². The summed E-state index contributed by atoms with van der Waals surface area (Å²) in [5.74, 6) is 0. The first-order valence-corrected chi connectivity index (χ1v) is 7.70. The monoisotopic (exact) mass is 283 g/mol. The molecule has 0 saturated heterocycles. The van der Waals surface area contributed by atoms with Crippen molar-refractivity contribution in [2.24, 2.45) is 0 Å². The molecule has 0 aliphatic rings. The van der Waals surface area contributed by atoms with Gasteiger partial charge in [-0.25, -0.2) is 0 Å². The molecule has 112 valence electrons. The van der Waals surface area contributed by atoms with Gasteiger partial charge in [0.1, 0.15) is 0 Å². The Kier molecular flexibility index (Phi) is 5.97. The van der Waals surface area contributed by atoms with Gasteiger partial charge in [-0.15, -0.1) is 0 Å². The third-order valence-corrected chi connectivity index (χ3v) is 3.64. The van der Waals surface area contributed by atoms with Crippen LogP contribution in [0.4, 0.5) is 0 Å². The summed E-state index contributed by atoms with van der Waals surface area (Å²) < 4.78 is 0. The second-order valence-corrected chi connectivity index (χ2v) is 5.65. The fraction of sp³-hybridized carbons (Fsp3) is 0.368. The van der Waals surface area contributed by atoms with Crippen molar-refractivity contribution in [1.82, 2.24) is 4.90 Å². The summed E-state index contributed by atoms with van der Waals surface area (Å²) in [5, 5.41) is 10.4. The van der Waals surface area contributed by atoms with E-state index in [1.807, 2.05) is 30.3 Å². The van der Waals surface area contributed by atoms with Crippen LogP contribution in [0.15, 0.2) is 54.6 Å². The van der Waals surface area contributed by atoms with Gasteiger partial charge >= 0.3 is 0 Å². The van der Waals surface area contributed by atoms with E-state index in [-0.39, 0.29) is 0 Å². The Morgan fingerprint density at radius 1 is 1.05 bits per heavy atom. The van der Waals surface area contributed by atoms with E-state index >= 15 is 0 Å². The van der Waals surface area contributed by atoms with Gasteiger partial charge in [0.05, 0.1) is 6.10 Å². The lowest BCUT2D eigenvalue weighted by Gasteiger charge is -2.25. The third-order valence-electron chi connectivity index (χ3n) is 3.64. The lowest BCUT2D eigenvalue weighted by Crippen LogP contribution is -2.29. The maximum atomic E-state index is 10.4. The first kappa shape index (κ1) is 15.7. The summed E-state index contributed by atoms with van der Waals surface area (Å²) in [6.45, 7) is 6.85. The Morgan fingerprint density at radius 3 is 2.48 bits per heavy atom. The van der Waals surface area contributed by atoms with Crippen molar-refractivity contribution >= 4 is 0 Å². The lowest BCUT2D eigenvalue weighted by atomic mass is 10.1. The molecular formula is C19H25NO. The van der Waals surface area contributed by atoms with Gasteiger partial charge in [-0.05, 0) is 31.0 Å². The first-order valence-electron chi connectivity index (χ1n) is 7.70. The van der Waals surface area contributed by atoms with E-state index < -0.39 is 6.10 Å². The fourth-order valence-electron chi connectivity index (χ4n) is 2.64. The van der Waals surface area contributed by atoms with Crippen LogP contribution in [-0.4, -0.2) is 23.1 Å². The molecular weight excluding hydrogens is 258 g/mol. The zero-order chi connectivity index (χ0) is 15.1. The van der Waals surface area contributed by atoms with Crippen LogP contribution >= 0.6 is 0 Å². The van der Waals surface area contributed by atoms with Crippen LogP contribution in [0.1, 0.15) is 36.1 Å². The van der Waals surface area contributed by atoms with Crippen molar-refractivity contribution in [3.8, 4) is 0 Å². The number of hydrogen-bond donors (Lipinski definition) is 1. The molecule has 2 heteroatoms. The number of aryl methyl sites for hydroxylation is 1. The Morgan fingerprint density at radius 2 is 1.81 bits per heavy atom. The molecule has 0 aliphatic heterocycles. The van der Waals surface area contributed by atoms with Gasteiger partial charge in [-0.2, -0.15) is 0 Å². The SMILES string of the molecule is CCCN(Cc1cccc(C)c1)CC(O)c1ccccc1. The molecule has 1 N–H and O–H groups in total. The van der Waals surface area contributed by atoms with Crippen LogP contribution in [0.3, 0.4) is 0 Å². The fourth-order valence-corrected chi connectivity index (χ4v) is 2.64. The Balaban J connectivity index is 2.02. The number of rotatable bonds is 7. The van der Waals surface area contributed by atoms with Crippen LogP contribution in [0, 0.1) is 6.92 Å². The molecule has 2 rings (SSSR count). The largest absolute Gasteiger partial charge is 0.387 e. The molecule has 0 heterocycles. The summed E-state index contributed by atoms with van der Waals surface area (Å²) >= 11 is 0.